The summed E-state index contributed by atoms with van der Waals surface area (Å²) in [6, 6.07) is 17.2. The van der Waals surface area contributed by atoms with Gasteiger partial charge in [-0.05, 0) is 50.5 Å². The number of carbonyl (C=O) groups excluding carboxylic acids is 1. The lowest BCUT2D eigenvalue weighted by atomic mass is 10.0. The second-order valence-electron chi connectivity index (χ2n) is 4.80. The van der Waals surface area contributed by atoms with Crippen LogP contribution in [0.3, 0.4) is 0 Å². The summed E-state index contributed by atoms with van der Waals surface area (Å²) in [7, 11) is 4.00. The van der Waals surface area contributed by atoms with Gasteiger partial charge in [0.1, 0.15) is 12.4 Å². The van der Waals surface area contributed by atoms with E-state index >= 15 is 0 Å². The summed E-state index contributed by atoms with van der Waals surface area (Å²) in [6.07, 6.45) is 0. The molecule has 2 rings (SSSR count). The van der Waals surface area contributed by atoms with Crippen LogP contribution >= 0.6 is 0 Å². The first-order valence-electron chi connectivity index (χ1n) is 6.55. The Morgan fingerprint density at radius 1 is 1.15 bits per heavy atom. The van der Waals surface area contributed by atoms with E-state index < -0.39 is 0 Å². The van der Waals surface area contributed by atoms with Gasteiger partial charge in [-0.1, -0.05) is 18.2 Å². The lowest BCUT2D eigenvalue weighted by Crippen LogP contribution is -2.19. The zero-order valence-electron chi connectivity index (χ0n) is 11.8. The van der Waals surface area contributed by atoms with Crippen LogP contribution in [0.4, 0.5) is 0 Å². The van der Waals surface area contributed by atoms with Crippen LogP contribution in [0.2, 0.25) is 0 Å². The van der Waals surface area contributed by atoms with Crippen LogP contribution in [0.15, 0.2) is 48.5 Å². The van der Waals surface area contributed by atoms with Crippen molar-refractivity contribution < 1.29 is 9.53 Å². The molecule has 3 heteroatoms. The third kappa shape index (κ3) is 3.93. The third-order valence-corrected chi connectivity index (χ3v) is 2.89. The minimum atomic E-state index is 0.00157. The van der Waals surface area contributed by atoms with Crippen LogP contribution in [0.5, 0.6) is 5.75 Å². The molecule has 0 aromatic heterocycles. The van der Waals surface area contributed by atoms with Gasteiger partial charge in [0.05, 0.1) is 0 Å². The summed E-state index contributed by atoms with van der Waals surface area (Å²) in [5.41, 5.74) is 1.30. The summed E-state index contributed by atoms with van der Waals surface area (Å²) in [5.74, 6) is 0.782. The van der Waals surface area contributed by atoms with E-state index in [0.29, 0.717) is 17.7 Å². The van der Waals surface area contributed by atoms with Crippen molar-refractivity contribution in [1.29, 1.82) is 0 Å². The molecule has 1 radical (unpaired) electrons. The van der Waals surface area contributed by atoms with Crippen molar-refractivity contribution in [2.75, 3.05) is 27.2 Å². The number of likely N-dealkylation sites (N-methyl/N-ethyl adjacent to an activating group) is 1. The van der Waals surface area contributed by atoms with Gasteiger partial charge in [-0.25, -0.2) is 0 Å². The van der Waals surface area contributed by atoms with Crippen molar-refractivity contribution in [3.8, 4) is 5.75 Å². The molecule has 0 aliphatic carbocycles. The number of benzene rings is 2. The van der Waals surface area contributed by atoms with Gasteiger partial charge in [0.15, 0.2) is 5.78 Å². The van der Waals surface area contributed by atoms with E-state index in [2.05, 4.69) is 11.0 Å². The molecule has 0 fully saturated rings. The molecular formula is C17H18NO2. The Labute approximate surface area is 119 Å². The van der Waals surface area contributed by atoms with Gasteiger partial charge in [-0.2, -0.15) is 0 Å². The number of hydrogen-bond donors (Lipinski definition) is 0. The first kappa shape index (κ1) is 14.3. The zero-order valence-corrected chi connectivity index (χ0v) is 11.8. The first-order valence-corrected chi connectivity index (χ1v) is 6.55. The number of hydrogen-bond acceptors (Lipinski definition) is 3. The van der Waals surface area contributed by atoms with Crippen molar-refractivity contribution in [2.45, 2.75) is 0 Å². The first-order chi connectivity index (χ1) is 9.66. The average molecular weight is 268 g/mol. The maximum atomic E-state index is 12.2. The van der Waals surface area contributed by atoms with Crippen molar-refractivity contribution >= 4 is 5.78 Å². The molecule has 0 saturated carbocycles. The number of ketones is 1. The molecule has 103 valence electrons. The van der Waals surface area contributed by atoms with E-state index in [1.54, 1.807) is 30.3 Å². The summed E-state index contributed by atoms with van der Waals surface area (Å²) >= 11 is 0. The molecular weight excluding hydrogens is 250 g/mol. The monoisotopic (exact) mass is 268 g/mol. The maximum Gasteiger partial charge on any atom is 0.193 e. The molecule has 0 atom stereocenters. The molecule has 2 aromatic rings. The Bertz CT molecular complexity index is 547. The van der Waals surface area contributed by atoms with Gasteiger partial charge in [0, 0.05) is 17.7 Å². The van der Waals surface area contributed by atoms with Crippen LogP contribution in [0, 0.1) is 6.07 Å². The van der Waals surface area contributed by atoms with E-state index in [0.717, 1.165) is 12.3 Å². The molecule has 0 aliphatic rings. The van der Waals surface area contributed by atoms with Crippen molar-refractivity contribution in [3.63, 3.8) is 0 Å². The molecule has 0 saturated heterocycles. The summed E-state index contributed by atoms with van der Waals surface area (Å²) in [5, 5.41) is 0. The SMILES string of the molecule is CN(C)CCOc1ccc(C(=O)c2c[c]ccc2)cc1. The summed E-state index contributed by atoms with van der Waals surface area (Å²) in [6.45, 7) is 1.49. The molecule has 0 heterocycles. The van der Waals surface area contributed by atoms with E-state index in [1.165, 1.54) is 0 Å². The Balaban J connectivity index is 1.99. The number of ether oxygens (including phenoxy) is 1. The Morgan fingerprint density at radius 3 is 2.50 bits per heavy atom. The largest absolute Gasteiger partial charge is 0.492 e. The van der Waals surface area contributed by atoms with Crippen molar-refractivity contribution in [3.05, 3.63) is 65.7 Å². The van der Waals surface area contributed by atoms with E-state index in [9.17, 15) is 4.79 Å². The zero-order chi connectivity index (χ0) is 14.4. The normalized spacial score (nSPS) is 10.6. The summed E-state index contributed by atoms with van der Waals surface area (Å²) < 4.78 is 5.60. The fourth-order valence-electron chi connectivity index (χ4n) is 1.75. The highest BCUT2D eigenvalue weighted by molar-refractivity contribution is 6.08. The van der Waals surface area contributed by atoms with Crippen LogP contribution < -0.4 is 4.74 Å². The molecule has 3 nitrogen and oxygen atoms in total. The molecule has 0 bridgehead atoms. The smallest absolute Gasteiger partial charge is 0.193 e. The van der Waals surface area contributed by atoms with Crippen molar-refractivity contribution in [1.82, 2.24) is 4.90 Å². The Morgan fingerprint density at radius 2 is 1.90 bits per heavy atom. The number of nitrogens with zero attached hydrogens (tertiary/aromatic N) is 1. The number of rotatable bonds is 6. The average Bonchev–Trinajstić information content (AvgIpc) is 2.48. The van der Waals surface area contributed by atoms with E-state index in [4.69, 9.17) is 4.74 Å². The van der Waals surface area contributed by atoms with Gasteiger partial charge in [-0.15, -0.1) is 0 Å². The highest BCUT2D eigenvalue weighted by Crippen LogP contribution is 2.15. The summed E-state index contributed by atoms with van der Waals surface area (Å²) in [4.78, 5) is 14.3. The number of carbonyl (C=O) groups is 1. The molecule has 0 N–H and O–H groups in total. The van der Waals surface area contributed by atoms with Gasteiger partial charge in [0.25, 0.3) is 0 Å². The van der Waals surface area contributed by atoms with E-state index in [-0.39, 0.29) is 5.78 Å². The van der Waals surface area contributed by atoms with Crippen LogP contribution in [-0.2, 0) is 0 Å². The third-order valence-electron chi connectivity index (χ3n) is 2.89. The van der Waals surface area contributed by atoms with Gasteiger partial charge < -0.3 is 9.64 Å². The predicted octanol–water partition coefficient (Wildman–Crippen LogP) is 2.66. The van der Waals surface area contributed by atoms with Crippen molar-refractivity contribution in [2.24, 2.45) is 0 Å². The second kappa shape index (κ2) is 6.87. The van der Waals surface area contributed by atoms with Crippen LogP contribution in [-0.4, -0.2) is 37.9 Å². The second-order valence-corrected chi connectivity index (χ2v) is 4.80. The molecule has 0 amide bonds. The van der Waals surface area contributed by atoms with Crippen LogP contribution in [0.25, 0.3) is 0 Å². The quantitative estimate of drug-likeness (QED) is 0.754. The molecule has 2 aromatic carbocycles. The molecule has 0 unspecified atom stereocenters. The van der Waals surface area contributed by atoms with E-state index in [1.807, 2.05) is 32.3 Å². The highest BCUT2D eigenvalue weighted by atomic mass is 16.5. The standard InChI is InChI=1S/C17H18NO2/c1-18(2)12-13-20-16-10-8-15(9-11-16)17(19)14-6-4-3-5-7-14/h3-4,6-11H,12-13H2,1-2H3. The highest BCUT2D eigenvalue weighted by Gasteiger charge is 2.08. The molecule has 0 spiro atoms. The topological polar surface area (TPSA) is 29.5 Å². The Hall–Kier alpha value is -2.13. The molecule has 20 heavy (non-hydrogen) atoms. The fourth-order valence-corrected chi connectivity index (χ4v) is 1.75. The van der Waals surface area contributed by atoms with Gasteiger partial charge >= 0.3 is 0 Å². The lowest BCUT2D eigenvalue weighted by Gasteiger charge is -2.11. The van der Waals surface area contributed by atoms with Gasteiger partial charge in [0.2, 0.25) is 0 Å². The Kier molecular flexibility index (Phi) is 4.91. The minimum Gasteiger partial charge on any atom is -0.492 e. The van der Waals surface area contributed by atoms with Gasteiger partial charge in [-0.3, -0.25) is 4.79 Å². The molecule has 0 aliphatic heterocycles. The predicted molar refractivity (Wildman–Crippen MR) is 79.2 cm³/mol. The lowest BCUT2D eigenvalue weighted by molar-refractivity contribution is 0.103. The fraction of sp³-hybridized carbons (Fsp3) is 0.235. The maximum absolute atomic E-state index is 12.2. The van der Waals surface area contributed by atoms with Crippen LogP contribution in [0.1, 0.15) is 15.9 Å². The minimum absolute atomic E-state index is 0.00157.